The van der Waals surface area contributed by atoms with E-state index in [2.05, 4.69) is 166 Å². The molecule has 1 amide bonds. The first kappa shape index (κ1) is 58.4. The SMILES string of the molecule is CCCCNC(=O)c1ccc(N=Nc2ccc(N(C)C)cc2)cc1.CCCN1/C(=C/C=C/C=C/C2=[N+](C)c3ccccc3C2(C)C)C(C)(C)c2ccccc21.CCCOCCOCCOCCC.[I-]. The van der Waals surface area contributed by atoms with Crippen LogP contribution < -0.4 is 39.1 Å². The molecular weight excluding hydrogens is 972 g/mol. The van der Waals surface area contributed by atoms with Crippen LogP contribution in [0.25, 0.3) is 0 Å². The number of fused-ring (bicyclic) bond motifs is 2. The van der Waals surface area contributed by atoms with Crippen LogP contribution in [0, 0.1) is 0 Å². The van der Waals surface area contributed by atoms with Crippen LogP contribution in [0.15, 0.2) is 143 Å². The summed E-state index contributed by atoms with van der Waals surface area (Å²) in [5.41, 5.74) is 11.5. The Balaban J connectivity index is 0.000000295. The lowest BCUT2D eigenvalue weighted by atomic mass is 9.81. The molecule has 11 heteroatoms. The number of carbonyl (C=O) groups is 1. The minimum Gasteiger partial charge on any atom is -1.00 e. The van der Waals surface area contributed by atoms with Crippen molar-refractivity contribution in [2.45, 2.75) is 98.3 Å². The average Bonchev–Trinajstić information content (AvgIpc) is 3.68. The fourth-order valence-corrected chi connectivity index (χ4v) is 8.19. The minimum absolute atomic E-state index is 0. The summed E-state index contributed by atoms with van der Waals surface area (Å²) in [4.78, 5) is 16.4. The van der Waals surface area contributed by atoms with Crippen LogP contribution in [0.4, 0.5) is 28.4 Å². The van der Waals surface area contributed by atoms with Gasteiger partial charge in [0.05, 0.1) is 43.2 Å². The normalized spacial score (nSPS) is 14.9. The number of carbonyl (C=O) groups excluding carboxylic acids is 1. The van der Waals surface area contributed by atoms with E-state index >= 15 is 0 Å². The van der Waals surface area contributed by atoms with E-state index in [1.165, 1.54) is 33.9 Å². The molecule has 0 aromatic heterocycles. The molecule has 6 rings (SSSR count). The van der Waals surface area contributed by atoms with Gasteiger partial charge in [-0.05, 0) is 106 Å². The van der Waals surface area contributed by atoms with Crippen LogP contribution in [-0.2, 0) is 25.0 Å². The number of allylic oxidation sites excluding steroid dienone is 6. The van der Waals surface area contributed by atoms with E-state index in [4.69, 9.17) is 14.2 Å². The highest BCUT2D eigenvalue weighted by Crippen LogP contribution is 2.47. The number of nitrogens with one attached hydrogen (secondary N) is 1. The fourth-order valence-electron chi connectivity index (χ4n) is 8.19. The van der Waals surface area contributed by atoms with E-state index in [9.17, 15) is 4.79 Å². The van der Waals surface area contributed by atoms with Crippen molar-refractivity contribution in [1.82, 2.24) is 5.32 Å². The van der Waals surface area contributed by atoms with Crippen LogP contribution in [0.3, 0.4) is 0 Å². The molecule has 0 radical (unpaired) electrons. The molecule has 4 aromatic carbocycles. The van der Waals surface area contributed by atoms with Gasteiger partial charge >= 0.3 is 0 Å². The maximum Gasteiger partial charge on any atom is 0.251 e. The second kappa shape index (κ2) is 30.6. The molecule has 0 aliphatic carbocycles. The van der Waals surface area contributed by atoms with E-state index in [0.717, 1.165) is 68.9 Å². The topological polar surface area (TPSA) is 91.0 Å². The Morgan fingerprint density at radius 1 is 0.667 bits per heavy atom. The van der Waals surface area contributed by atoms with E-state index in [0.29, 0.717) is 38.5 Å². The molecule has 1 N–H and O–H groups in total. The Kier molecular flexibility index (Phi) is 25.9. The average molecular weight is 1050 g/mol. The summed E-state index contributed by atoms with van der Waals surface area (Å²) in [6, 6.07) is 32.5. The van der Waals surface area contributed by atoms with Gasteiger partial charge < -0.3 is 53.3 Å². The Bertz CT molecular complexity index is 2290. The molecule has 0 unspecified atom stereocenters. The van der Waals surface area contributed by atoms with Gasteiger partial charge in [-0.15, -0.1) is 0 Å². The Labute approximate surface area is 432 Å². The molecule has 4 aromatic rings. The fraction of sp³-hybridized carbons (Fsp3) is 0.448. The molecule has 69 heavy (non-hydrogen) atoms. The minimum atomic E-state index is -0.0498. The lowest BCUT2D eigenvalue weighted by Gasteiger charge is -2.26. The number of halogens is 1. The van der Waals surface area contributed by atoms with Crippen molar-refractivity contribution in [3.8, 4) is 0 Å². The molecule has 0 atom stereocenters. The number of anilines is 2. The number of hydrogen-bond acceptors (Lipinski definition) is 8. The molecule has 10 nitrogen and oxygen atoms in total. The molecule has 0 bridgehead atoms. The van der Waals surface area contributed by atoms with Gasteiger partial charge in [0.15, 0.2) is 5.71 Å². The van der Waals surface area contributed by atoms with Crippen molar-refractivity contribution in [2.75, 3.05) is 83.7 Å². The lowest BCUT2D eigenvalue weighted by Crippen LogP contribution is -3.00. The predicted molar refractivity (Wildman–Crippen MR) is 285 cm³/mol. The highest BCUT2D eigenvalue weighted by molar-refractivity contribution is 6.03. The van der Waals surface area contributed by atoms with Crippen LogP contribution in [0.2, 0.25) is 0 Å². The summed E-state index contributed by atoms with van der Waals surface area (Å²) < 4.78 is 18.1. The zero-order valence-electron chi connectivity index (χ0n) is 43.6. The number of unbranched alkanes of at least 4 members (excludes halogenated alkanes) is 1. The first-order chi connectivity index (χ1) is 32.8. The molecule has 0 saturated heterocycles. The third-order valence-corrected chi connectivity index (χ3v) is 12.0. The second-order valence-corrected chi connectivity index (χ2v) is 18.3. The molecule has 374 valence electrons. The molecule has 0 spiro atoms. The van der Waals surface area contributed by atoms with Gasteiger partial charge in [0, 0.05) is 86.2 Å². The maximum atomic E-state index is 11.9. The summed E-state index contributed by atoms with van der Waals surface area (Å²) in [5, 5.41) is 11.3. The van der Waals surface area contributed by atoms with Crippen LogP contribution >= 0.6 is 0 Å². The number of para-hydroxylation sites is 2. The van der Waals surface area contributed by atoms with Crippen molar-refractivity contribution in [3.63, 3.8) is 0 Å². The predicted octanol–water partition coefficient (Wildman–Crippen LogP) is 10.5. The first-order valence-electron chi connectivity index (χ1n) is 24.7. The highest BCUT2D eigenvalue weighted by atomic mass is 127. The Morgan fingerprint density at radius 3 is 1.77 bits per heavy atom. The number of nitrogens with zero attached hydrogens (tertiary/aromatic N) is 5. The van der Waals surface area contributed by atoms with Crippen molar-refractivity contribution in [3.05, 3.63) is 150 Å². The molecule has 2 aliphatic heterocycles. The van der Waals surface area contributed by atoms with Gasteiger partial charge in [-0.3, -0.25) is 4.79 Å². The van der Waals surface area contributed by atoms with Gasteiger partial charge in [0.25, 0.3) is 5.91 Å². The van der Waals surface area contributed by atoms with Gasteiger partial charge in [0.2, 0.25) is 5.69 Å². The second-order valence-electron chi connectivity index (χ2n) is 18.3. The van der Waals surface area contributed by atoms with Crippen molar-refractivity contribution >= 4 is 40.1 Å². The summed E-state index contributed by atoms with van der Waals surface area (Å²) in [6.45, 7) is 24.0. The maximum absolute atomic E-state index is 11.9. The van der Waals surface area contributed by atoms with Gasteiger partial charge in [0.1, 0.15) is 7.05 Å². The van der Waals surface area contributed by atoms with E-state index < -0.39 is 0 Å². The number of amides is 1. The van der Waals surface area contributed by atoms with Gasteiger partial charge in [-0.1, -0.05) is 103 Å². The van der Waals surface area contributed by atoms with Crippen molar-refractivity contribution < 1.29 is 47.6 Å². The first-order valence-corrected chi connectivity index (χ1v) is 24.7. The third-order valence-electron chi connectivity index (χ3n) is 12.0. The van der Waals surface area contributed by atoms with Crippen molar-refractivity contribution in [2.24, 2.45) is 10.2 Å². The summed E-state index contributed by atoms with van der Waals surface area (Å²) in [6.07, 6.45) is 16.4. The number of benzene rings is 4. The molecule has 0 saturated carbocycles. The number of rotatable bonds is 22. The Morgan fingerprint density at radius 2 is 1.22 bits per heavy atom. The zero-order chi connectivity index (χ0) is 49.4. The highest BCUT2D eigenvalue weighted by Gasteiger charge is 2.42. The zero-order valence-corrected chi connectivity index (χ0v) is 45.7. The number of ether oxygens (including phenoxy) is 3. The lowest BCUT2D eigenvalue weighted by molar-refractivity contribution is -0.401. The third kappa shape index (κ3) is 17.4. The quantitative estimate of drug-likeness (QED) is 0.0277. The van der Waals surface area contributed by atoms with Crippen LogP contribution in [0.5, 0.6) is 0 Å². The van der Waals surface area contributed by atoms with Gasteiger partial charge in [-0.2, -0.15) is 14.8 Å². The van der Waals surface area contributed by atoms with E-state index in [-0.39, 0.29) is 40.7 Å². The number of azo groups is 1. The van der Waals surface area contributed by atoms with Crippen LogP contribution in [0.1, 0.15) is 109 Å². The van der Waals surface area contributed by atoms with Crippen LogP contribution in [-0.4, -0.2) is 90.1 Å². The Hall–Kier alpha value is -4.95. The van der Waals surface area contributed by atoms with Gasteiger partial charge in [-0.25, -0.2) is 0 Å². The number of hydrogen-bond donors (Lipinski definition) is 1. The monoisotopic (exact) mass is 1050 g/mol. The molecule has 2 heterocycles. The smallest absolute Gasteiger partial charge is 0.251 e. The molecular formula is C58H81IN6O4. The summed E-state index contributed by atoms with van der Waals surface area (Å²) >= 11 is 0. The summed E-state index contributed by atoms with van der Waals surface area (Å²) in [7, 11) is 6.16. The van der Waals surface area contributed by atoms with Crippen molar-refractivity contribution in [1.29, 1.82) is 0 Å². The van der Waals surface area contributed by atoms with E-state index in [1.807, 2.05) is 43.3 Å². The molecule has 2 aliphatic rings. The van der Waals surface area contributed by atoms with E-state index in [1.54, 1.807) is 24.3 Å². The standard InChI is InChI=1S/C29H35N2.C19H24N4O.C10H22O3.HI/c1-7-21-31-25-18-14-12-16-23(25)29(4,5)27(31)20-10-8-9-19-26-28(2,3)22-15-11-13-17-24(22)30(26)6;1-4-5-14-20-19(24)15-6-8-16(9-7-15)21-22-17-10-12-18(13-11-17)23(2)3;1-3-5-11-7-9-13-10-8-12-6-4-2;/h8-20H,7,21H2,1-6H3;6-13H,4-5,14H2,1-3H3,(H,20,24);3-10H2,1-2H3;1H/q+1;;;/p-1. The summed E-state index contributed by atoms with van der Waals surface area (Å²) in [5.74, 6) is -0.0498. The largest absolute Gasteiger partial charge is 1.00 e. The molecule has 0 fully saturated rings.